The van der Waals surface area contributed by atoms with Gasteiger partial charge in [0.15, 0.2) is 0 Å². The lowest BCUT2D eigenvalue weighted by Gasteiger charge is -2.39. The summed E-state index contributed by atoms with van der Waals surface area (Å²) in [5.41, 5.74) is 1.99. The second-order valence-electron chi connectivity index (χ2n) is 4.85. The number of nitrogens with one attached hydrogen (secondary N) is 1. The molecular weight excluding hydrogens is 214 g/mol. The first-order chi connectivity index (χ1) is 8.16. The van der Waals surface area contributed by atoms with Crippen molar-refractivity contribution >= 4 is 11.7 Å². The first kappa shape index (κ1) is 12.0. The molecule has 0 aromatic heterocycles. The van der Waals surface area contributed by atoms with Crippen molar-refractivity contribution in [2.24, 2.45) is 5.41 Å². The second-order valence-corrected chi connectivity index (χ2v) is 4.85. The number of benzene rings is 1. The van der Waals surface area contributed by atoms with Crippen LogP contribution in [0.1, 0.15) is 24.8 Å². The maximum absolute atomic E-state index is 11.7. The maximum Gasteiger partial charge on any atom is 0.313 e. The van der Waals surface area contributed by atoms with E-state index in [-0.39, 0.29) is 11.4 Å². The molecular formula is C14H19NO2. The predicted molar refractivity (Wildman–Crippen MR) is 68.0 cm³/mol. The zero-order valence-corrected chi connectivity index (χ0v) is 10.5. The average Bonchev–Trinajstić information content (AvgIpc) is 2.27. The lowest BCUT2D eigenvalue weighted by molar-refractivity contribution is -0.157. The Bertz CT molecular complexity index is 410. The molecule has 92 valence electrons. The van der Waals surface area contributed by atoms with E-state index >= 15 is 0 Å². The van der Waals surface area contributed by atoms with Crippen molar-refractivity contribution in [3.63, 3.8) is 0 Å². The molecule has 0 unspecified atom stereocenters. The Morgan fingerprint density at radius 1 is 1.47 bits per heavy atom. The quantitative estimate of drug-likeness (QED) is 0.813. The average molecular weight is 233 g/mol. The van der Waals surface area contributed by atoms with Crippen molar-refractivity contribution in [3.05, 3.63) is 29.8 Å². The van der Waals surface area contributed by atoms with Crippen LogP contribution >= 0.6 is 0 Å². The molecule has 1 fully saturated rings. The molecule has 0 spiro atoms. The monoisotopic (exact) mass is 233 g/mol. The Hall–Kier alpha value is -1.51. The van der Waals surface area contributed by atoms with Gasteiger partial charge in [-0.15, -0.1) is 0 Å². The van der Waals surface area contributed by atoms with E-state index in [1.165, 1.54) is 12.7 Å². The van der Waals surface area contributed by atoms with Gasteiger partial charge in [0.2, 0.25) is 0 Å². The van der Waals surface area contributed by atoms with E-state index < -0.39 is 0 Å². The smallest absolute Gasteiger partial charge is 0.313 e. The Morgan fingerprint density at radius 3 is 2.76 bits per heavy atom. The third-order valence-corrected chi connectivity index (χ3v) is 3.58. The summed E-state index contributed by atoms with van der Waals surface area (Å²) < 4.78 is 4.89. The molecule has 0 atom stereocenters. The fraction of sp³-hybridized carbons (Fsp3) is 0.500. The summed E-state index contributed by atoms with van der Waals surface area (Å²) >= 11 is 0. The Morgan fingerprint density at radius 2 is 2.24 bits per heavy atom. The van der Waals surface area contributed by atoms with E-state index in [0.717, 1.165) is 24.9 Å². The SMILES string of the molecule is COC(=O)C1(CNc2cccc(C)c2)CCC1. The predicted octanol–water partition coefficient (Wildman–Crippen LogP) is 2.75. The molecule has 1 aliphatic carbocycles. The largest absolute Gasteiger partial charge is 0.469 e. The fourth-order valence-corrected chi connectivity index (χ4v) is 2.30. The molecule has 1 saturated carbocycles. The molecule has 0 aliphatic heterocycles. The molecule has 0 saturated heterocycles. The van der Waals surface area contributed by atoms with E-state index in [9.17, 15) is 4.79 Å². The summed E-state index contributed by atoms with van der Waals surface area (Å²) in [4.78, 5) is 11.7. The van der Waals surface area contributed by atoms with Gasteiger partial charge in [0.25, 0.3) is 0 Å². The number of methoxy groups -OCH3 is 1. The van der Waals surface area contributed by atoms with E-state index in [4.69, 9.17) is 4.74 Å². The molecule has 1 aliphatic rings. The van der Waals surface area contributed by atoms with Gasteiger partial charge in [0, 0.05) is 12.2 Å². The standard InChI is InChI=1S/C14H19NO2/c1-11-5-3-6-12(9-11)15-10-14(7-4-8-14)13(16)17-2/h3,5-6,9,15H,4,7-8,10H2,1-2H3. The topological polar surface area (TPSA) is 38.3 Å². The number of rotatable bonds is 4. The van der Waals surface area contributed by atoms with Crippen LogP contribution in [0.25, 0.3) is 0 Å². The van der Waals surface area contributed by atoms with Crippen LogP contribution in [0.15, 0.2) is 24.3 Å². The Balaban J connectivity index is 1.99. The molecule has 0 heterocycles. The minimum Gasteiger partial charge on any atom is -0.469 e. The van der Waals surface area contributed by atoms with Crippen molar-refractivity contribution in [2.45, 2.75) is 26.2 Å². The van der Waals surface area contributed by atoms with Gasteiger partial charge in [-0.1, -0.05) is 18.6 Å². The van der Waals surface area contributed by atoms with Gasteiger partial charge in [-0.2, -0.15) is 0 Å². The first-order valence-corrected chi connectivity index (χ1v) is 6.05. The third kappa shape index (κ3) is 2.43. The van der Waals surface area contributed by atoms with Crippen molar-refractivity contribution in [1.82, 2.24) is 0 Å². The zero-order chi connectivity index (χ0) is 12.3. The Labute approximate surface area is 102 Å². The maximum atomic E-state index is 11.7. The van der Waals surface area contributed by atoms with Crippen molar-refractivity contribution in [2.75, 3.05) is 19.0 Å². The number of aryl methyl sites for hydroxylation is 1. The van der Waals surface area contributed by atoms with Crippen molar-refractivity contribution < 1.29 is 9.53 Å². The van der Waals surface area contributed by atoms with Gasteiger partial charge in [-0.3, -0.25) is 4.79 Å². The van der Waals surface area contributed by atoms with E-state index in [1.807, 2.05) is 12.1 Å². The molecule has 17 heavy (non-hydrogen) atoms. The summed E-state index contributed by atoms with van der Waals surface area (Å²) in [7, 11) is 1.47. The summed E-state index contributed by atoms with van der Waals surface area (Å²) in [6, 6.07) is 8.19. The van der Waals surface area contributed by atoms with E-state index in [2.05, 4.69) is 24.4 Å². The van der Waals surface area contributed by atoms with Crippen LogP contribution in [-0.4, -0.2) is 19.6 Å². The number of esters is 1. The highest BCUT2D eigenvalue weighted by atomic mass is 16.5. The van der Waals surface area contributed by atoms with Gasteiger partial charge in [-0.25, -0.2) is 0 Å². The fourth-order valence-electron chi connectivity index (χ4n) is 2.30. The molecule has 0 bridgehead atoms. The highest BCUT2D eigenvalue weighted by Crippen LogP contribution is 2.42. The van der Waals surface area contributed by atoms with Gasteiger partial charge in [-0.05, 0) is 37.5 Å². The normalized spacial score (nSPS) is 17.1. The van der Waals surface area contributed by atoms with Gasteiger partial charge >= 0.3 is 5.97 Å². The number of hydrogen-bond acceptors (Lipinski definition) is 3. The summed E-state index contributed by atoms with van der Waals surface area (Å²) in [6.45, 7) is 2.73. The first-order valence-electron chi connectivity index (χ1n) is 6.05. The lowest BCUT2D eigenvalue weighted by atomic mass is 9.68. The number of hydrogen-bond donors (Lipinski definition) is 1. The minimum atomic E-state index is -0.293. The van der Waals surface area contributed by atoms with Crippen LogP contribution in [0.2, 0.25) is 0 Å². The molecule has 2 rings (SSSR count). The second kappa shape index (κ2) is 4.78. The molecule has 1 N–H and O–H groups in total. The molecule has 1 aromatic carbocycles. The molecule has 1 aromatic rings. The minimum absolute atomic E-state index is 0.0797. The van der Waals surface area contributed by atoms with Crippen LogP contribution in [0.4, 0.5) is 5.69 Å². The summed E-state index contributed by atoms with van der Waals surface area (Å²) in [6.07, 6.45) is 2.97. The lowest BCUT2D eigenvalue weighted by Crippen LogP contribution is -2.44. The van der Waals surface area contributed by atoms with Crippen LogP contribution in [-0.2, 0) is 9.53 Å². The molecule has 3 nitrogen and oxygen atoms in total. The number of carbonyl (C=O) groups is 1. The van der Waals surface area contributed by atoms with E-state index in [0.29, 0.717) is 6.54 Å². The third-order valence-electron chi connectivity index (χ3n) is 3.58. The summed E-state index contributed by atoms with van der Waals surface area (Å²) in [5.74, 6) is -0.0797. The molecule has 3 heteroatoms. The molecule has 0 radical (unpaired) electrons. The van der Waals surface area contributed by atoms with Crippen LogP contribution in [0.5, 0.6) is 0 Å². The number of ether oxygens (including phenoxy) is 1. The molecule has 0 amide bonds. The van der Waals surface area contributed by atoms with Crippen LogP contribution in [0, 0.1) is 12.3 Å². The van der Waals surface area contributed by atoms with Crippen molar-refractivity contribution in [1.29, 1.82) is 0 Å². The summed E-state index contributed by atoms with van der Waals surface area (Å²) in [5, 5.41) is 3.34. The van der Waals surface area contributed by atoms with Crippen LogP contribution < -0.4 is 5.32 Å². The van der Waals surface area contributed by atoms with Gasteiger partial charge < -0.3 is 10.1 Å². The number of anilines is 1. The van der Waals surface area contributed by atoms with Gasteiger partial charge in [0.1, 0.15) is 0 Å². The highest BCUT2D eigenvalue weighted by molar-refractivity contribution is 5.78. The van der Waals surface area contributed by atoms with Crippen LogP contribution in [0.3, 0.4) is 0 Å². The Kier molecular flexibility index (Phi) is 3.36. The number of carbonyl (C=O) groups excluding carboxylic acids is 1. The van der Waals surface area contributed by atoms with Crippen molar-refractivity contribution in [3.8, 4) is 0 Å². The van der Waals surface area contributed by atoms with E-state index in [1.54, 1.807) is 0 Å². The van der Waals surface area contributed by atoms with Gasteiger partial charge in [0.05, 0.1) is 12.5 Å². The zero-order valence-electron chi connectivity index (χ0n) is 10.5. The highest BCUT2D eigenvalue weighted by Gasteiger charge is 2.45.